The van der Waals surface area contributed by atoms with Crippen molar-refractivity contribution in [2.45, 2.75) is 57.4 Å². The fraction of sp³-hybridized carbons (Fsp3) is 0.923. The second-order valence-electron chi connectivity index (χ2n) is 5.47. The van der Waals surface area contributed by atoms with Crippen LogP contribution in [0.4, 0.5) is 0 Å². The van der Waals surface area contributed by atoms with Gasteiger partial charge in [0, 0.05) is 6.42 Å². The zero-order valence-corrected chi connectivity index (χ0v) is 10.7. The maximum absolute atomic E-state index is 11.7. The molecule has 1 saturated carbocycles. The van der Waals surface area contributed by atoms with E-state index in [0.29, 0.717) is 12.3 Å². The lowest BCUT2D eigenvalue weighted by atomic mass is 9.86. The van der Waals surface area contributed by atoms with Crippen molar-refractivity contribution in [3.8, 4) is 0 Å². The number of aliphatic hydroxyl groups excluding tert-OH is 2. The van der Waals surface area contributed by atoms with E-state index in [4.69, 9.17) is 10.2 Å². The van der Waals surface area contributed by atoms with Crippen LogP contribution in [0.25, 0.3) is 0 Å². The summed E-state index contributed by atoms with van der Waals surface area (Å²) in [4.78, 5) is 11.7. The Labute approximate surface area is 103 Å². The molecule has 0 aromatic heterocycles. The molecule has 1 amide bonds. The van der Waals surface area contributed by atoms with Gasteiger partial charge >= 0.3 is 0 Å². The van der Waals surface area contributed by atoms with E-state index in [1.54, 1.807) is 6.92 Å². The fourth-order valence-corrected chi connectivity index (χ4v) is 2.34. The second-order valence-corrected chi connectivity index (χ2v) is 5.47. The minimum absolute atomic E-state index is 0.0684. The summed E-state index contributed by atoms with van der Waals surface area (Å²) in [6, 6.07) is 0. The van der Waals surface area contributed by atoms with Crippen LogP contribution in [-0.2, 0) is 4.79 Å². The molecule has 4 heteroatoms. The van der Waals surface area contributed by atoms with E-state index < -0.39 is 5.54 Å². The summed E-state index contributed by atoms with van der Waals surface area (Å²) in [6.45, 7) is 1.17. The highest BCUT2D eigenvalue weighted by Crippen LogP contribution is 2.27. The lowest BCUT2D eigenvalue weighted by molar-refractivity contribution is -0.124. The van der Waals surface area contributed by atoms with E-state index in [1.807, 2.05) is 0 Å². The number of carbonyl (C=O) groups is 1. The fourth-order valence-electron chi connectivity index (χ4n) is 2.34. The smallest absolute Gasteiger partial charge is 0.220 e. The number of carbonyl (C=O) groups excluding carboxylic acids is 1. The number of rotatable bonds is 6. The Balaban J connectivity index is 2.24. The number of aliphatic hydroxyl groups is 2. The molecule has 100 valence electrons. The summed E-state index contributed by atoms with van der Waals surface area (Å²) in [6.07, 6.45) is 7.82. The van der Waals surface area contributed by atoms with Crippen LogP contribution in [0.1, 0.15) is 51.9 Å². The average Bonchev–Trinajstić information content (AvgIpc) is 2.37. The number of nitrogens with one attached hydrogen (secondary N) is 1. The molecule has 0 bridgehead atoms. The monoisotopic (exact) mass is 243 g/mol. The summed E-state index contributed by atoms with van der Waals surface area (Å²) in [5.74, 6) is 0.616. The van der Waals surface area contributed by atoms with Gasteiger partial charge in [-0.25, -0.2) is 0 Å². The van der Waals surface area contributed by atoms with Gasteiger partial charge in [0.1, 0.15) is 0 Å². The molecular weight excluding hydrogens is 218 g/mol. The first-order valence-corrected chi connectivity index (χ1v) is 6.62. The largest absolute Gasteiger partial charge is 0.394 e. The number of hydrogen-bond donors (Lipinski definition) is 3. The molecule has 1 fully saturated rings. The Bertz CT molecular complexity index is 233. The van der Waals surface area contributed by atoms with Crippen LogP contribution in [0.5, 0.6) is 0 Å². The summed E-state index contributed by atoms with van der Waals surface area (Å²) < 4.78 is 0. The van der Waals surface area contributed by atoms with Crippen LogP contribution in [0.2, 0.25) is 0 Å². The molecule has 0 heterocycles. The van der Waals surface area contributed by atoms with Gasteiger partial charge in [-0.3, -0.25) is 4.79 Å². The molecule has 0 aromatic rings. The normalized spacial score (nSPS) is 18.1. The molecule has 1 aliphatic carbocycles. The molecule has 0 aromatic carbocycles. The minimum atomic E-state index is -0.885. The summed E-state index contributed by atoms with van der Waals surface area (Å²) in [5.41, 5.74) is -0.885. The molecule has 0 aliphatic heterocycles. The van der Waals surface area contributed by atoms with Gasteiger partial charge in [0.05, 0.1) is 18.8 Å². The predicted molar refractivity (Wildman–Crippen MR) is 66.5 cm³/mol. The Morgan fingerprint density at radius 2 is 1.82 bits per heavy atom. The van der Waals surface area contributed by atoms with E-state index in [1.165, 1.54) is 32.1 Å². The van der Waals surface area contributed by atoms with Crippen molar-refractivity contribution in [2.75, 3.05) is 13.2 Å². The maximum atomic E-state index is 11.7. The lowest BCUT2D eigenvalue weighted by Gasteiger charge is -2.27. The topological polar surface area (TPSA) is 69.6 Å². The lowest BCUT2D eigenvalue weighted by Crippen LogP contribution is -2.51. The van der Waals surface area contributed by atoms with Crippen LogP contribution in [0.15, 0.2) is 0 Å². The molecule has 0 atom stereocenters. The Hall–Kier alpha value is -0.610. The van der Waals surface area contributed by atoms with Crippen molar-refractivity contribution >= 4 is 5.91 Å². The third-order valence-corrected chi connectivity index (χ3v) is 3.64. The van der Waals surface area contributed by atoms with Gasteiger partial charge in [0.25, 0.3) is 0 Å². The van der Waals surface area contributed by atoms with Gasteiger partial charge in [0.2, 0.25) is 5.91 Å². The maximum Gasteiger partial charge on any atom is 0.220 e. The molecular formula is C13H25NO3. The van der Waals surface area contributed by atoms with E-state index >= 15 is 0 Å². The Kier molecular flexibility index (Phi) is 5.92. The predicted octanol–water partition coefficient (Wildman–Crippen LogP) is 1.21. The summed E-state index contributed by atoms with van der Waals surface area (Å²) in [5, 5.41) is 20.8. The third-order valence-electron chi connectivity index (χ3n) is 3.64. The van der Waals surface area contributed by atoms with Crippen LogP contribution in [0.3, 0.4) is 0 Å². The molecule has 0 spiro atoms. The molecule has 0 saturated heterocycles. The van der Waals surface area contributed by atoms with Gasteiger partial charge < -0.3 is 15.5 Å². The minimum Gasteiger partial charge on any atom is -0.394 e. The Morgan fingerprint density at radius 1 is 1.24 bits per heavy atom. The van der Waals surface area contributed by atoms with Gasteiger partial charge in [-0.2, -0.15) is 0 Å². The van der Waals surface area contributed by atoms with E-state index in [0.717, 1.165) is 6.42 Å². The zero-order valence-electron chi connectivity index (χ0n) is 10.7. The van der Waals surface area contributed by atoms with Crippen molar-refractivity contribution in [1.29, 1.82) is 0 Å². The van der Waals surface area contributed by atoms with Crippen molar-refractivity contribution < 1.29 is 15.0 Å². The third kappa shape index (κ3) is 5.04. The van der Waals surface area contributed by atoms with Crippen LogP contribution in [-0.4, -0.2) is 34.9 Å². The van der Waals surface area contributed by atoms with Crippen molar-refractivity contribution in [3.63, 3.8) is 0 Å². The first kappa shape index (κ1) is 14.5. The van der Waals surface area contributed by atoms with Gasteiger partial charge in [0.15, 0.2) is 0 Å². The molecule has 1 rings (SSSR count). The van der Waals surface area contributed by atoms with Crippen LogP contribution >= 0.6 is 0 Å². The van der Waals surface area contributed by atoms with E-state index in [9.17, 15) is 4.79 Å². The highest BCUT2D eigenvalue weighted by atomic mass is 16.3. The van der Waals surface area contributed by atoms with Crippen molar-refractivity contribution in [2.24, 2.45) is 5.92 Å². The standard InChI is InChI=1S/C13H25NO3/c1-13(9-15,10-16)14-12(17)8-7-11-5-3-2-4-6-11/h11,15-16H,2-10H2,1H3,(H,14,17). The average molecular weight is 243 g/mol. The van der Waals surface area contributed by atoms with Gasteiger partial charge in [-0.15, -0.1) is 0 Å². The highest BCUT2D eigenvalue weighted by molar-refractivity contribution is 5.76. The van der Waals surface area contributed by atoms with Crippen molar-refractivity contribution in [1.82, 2.24) is 5.32 Å². The van der Waals surface area contributed by atoms with Gasteiger partial charge in [-0.05, 0) is 19.3 Å². The van der Waals surface area contributed by atoms with Crippen LogP contribution < -0.4 is 5.32 Å². The first-order chi connectivity index (χ1) is 8.09. The van der Waals surface area contributed by atoms with Crippen molar-refractivity contribution in [3.05, 3.63) is 0 Å². The summed E-state index contributed by atoms with van der Waals surface area (Å²) in [7, 11) is 0. The van der Waals surface area contributed by atoms with Crippen LogP contribution in [0, 0.1) is 5.92 Å². The Morgan fingerprint density at radius 3 is 2.35 bits per heavy atom. The molecule has 4 nitrogen and oxygen atoms in total. The van der Waals surface area contributed by atoms with Gasteiger partial charge in [-0.1, -0.05) is 32.1 Å². The molecule has 3 N–H and O–H groups in total. The van der Waals surface area contributed by atoms with E-state index in [-0.39, 0.29) is 19.1 Å². The molecule has 0 unspecified atom stereocenters. The molecule has 0 radical (unpaired) electrons. The SMILES string of the molecule is CC(CO)(CO)NC(=O)CCC1CCCCC1. The molecule has 1 aliphatic rings. The summed E-state index contributed by atoms with van der Waals surface area (Å²) >= 11 is 0. The highest BCUT2D eigenvalue weighted by Gasteiger charge is 2.24. The first-order valence-electron chi connectivity index (χ1n) is 6.62. The number of amides is 1. The second kappa shape index (κ2) is 6.97. The van der Waals surface area contributed by atoms with E-state index in [2.05, 4.69) is 5.32 Å². The quantitative estimate of drug-likeness (QED) is 0.656. The number of hydrogen-bond acceptors (Lipinski definition) is 3. The molecule has 17 heavy (non-hydrogen) atoms. The zero-order chi connectivity index (χ0) is 12.7.